The molecule has 0 radical (unpaired) electrons. The van der Waals surface area contributed by atoms with E-state index in [2.05, 4.69) is 12.1 Å². The highest BCUT2D eigenvalue weighted by Gasteiger charge is 2.50. The van der Waals surface area contributed by atoms with Crippen LogP contribution in [0.1, 0.15) is 84.3 Å². The summed E-state index contributed by atoms with van der Waals surface area (Å²) in [5, 5.41) is 0. The zero-order valence-electron chi connectivity index (χ0n) is 17.4. The standard InChI is InChI=1S/C23H35NO3/c1-22(2)17-26-23(3,4)24(22)21(25)27-20(19-15-11-8-12-16-19)18-13-9-6-5-7-10-14-18/h8,11-12,15-16,18,20H,5-7,9-10,13-14,17H2,1-4H3. The predicted molar refractivity (Wildman–Crippen MR) is 107 cm³/mol. The molecule has 0 bridgehead atoms. The summed E-state index contributed by atoms with van der Waals surface area (Å²) in [6, 6.07) is 10.3. The van der Waals surface area contributed by atoms with Gasteiger partial charge in [0, 0.05) is 5.92 Å². The Labute approximate surface area is 164 Å². The molecule has 1 aliphatic heterocycles. The van der Waals surface area contributed by atoms with E-state index in [1.807, 2.05) is 45.9 Å². The molecule has 1 saturated carbocycles. The van der Waals surface area contributed by atoms with Crippen molar-refractivity contribution in [3.05, 3.63) is 35.9 Å². The van der Waals surface area contributed by atoms with Gasteiger partial charge >= 0.3 is 6.09 Å². The van der Waals surface area contributed by atoms with Crippen LogP contribution in [0.25, 0.3) is 0 Å². The third-order valence-electron chi connectivity index (χ3n) is 6.04. The average Bonchev–Trinajstić information content (AvgIpc) is 2.81. The lowest BCUT2D eigenvalue weighted by Gasteiger charge is -2.39. The van der Waals surface area contributed by atoms with Gasteiger partial charge in [0.2, 0.25) is 0 Å². The molecule has 4 nitrogen and oxygen atoms in total. The van der Waals surface area contributed by atoms with Crippen LogP contribution in [0.5, 0.6) is 0 Å². The number of rotatable bonds is 3. The number of hydrogen-bond donors (Lipinski definition) is 0. The van der Waals surface area contributed by atoms with E-state index in [1.54, 1.807) is 4.90 Å². The highest BCUT2D eigenvalue weighted by Crippen LogP contribution is 2.39. The maximum atomic E-state index is 13.3. The van der Waals surface area contributed by atoms with Gasteiger partial charge in [-0.25, -0.2) is 4.79 Å². The van der Waals surface area contributed by atoms with Crippen molar-refractivity contribution in [2.75, 3.05) is 6.61 Å². The molecular formula is C23H35NO3. The molecule has 2 aliphatic rings. The van der Waals surface area contributed by atoms with Gasteiger partial charge in [-0.2, -0.15) is 0 Å². The lowest BCUT2D eigenvalue weighted by Crippen LogP contribution is -2.53. The molecule has 1 amide bonds. The molecule has 2 fully saturated rings. The Kier molecular flexibility index (Phi) is 6.15. The summed E-state index contributed by atoms with van der Waals surface area (Å²) in [5.74, 6) is 0.381. The van der Waals surface area contributed by atoms with Crippen molar-refractivity contribution < 1.29 is 14.3 Å². The van der Waals surface area contributed by atoms with Gasteiger partial charge in [0.15, 0.2) is 0 Å². The van der Waals surface area contributed by atoms with E-state index in [0.717, 1.165) is 18.4 Å². The summed E-state index contributed by atoms with van der Waals surface area (Å²) in [6.07, 6.45) is 8.12. The van der Waals surface area contributed by atoms with Crippen molar-refractivity contribution in [3.63, 3.8) is 0 Å². The topological polar surface area (TPSA) is 38.8 Å². The fraction of sp³-hybridized carbons (Fsp3) is 0.696. The minimum absolute atomic E-state index is 0.191. The van der Waals surface area contributed by atoms with Crippen molar-refractivity contribution in [1.29, 1.82) is 0 Å². The van der Waals surface area contributed by atoms with Crippen LogP contribution < -0.4 is 0 Å². The zero-order valence-corrected chi connectivity index (χ0v) is 17.4. The summed E-state index contributed by atoms with van der Waals surface area (Å²) in [5.41, 5.74) is 0.0815. The minimum atomic E-state index is -0.650. The maximum Gasteiger partial charge on any atom is 0.413 e. The molecule has 0 spiro atoms. The Hall–Kier alpha value is -1.55. The second-order valence-corrected chi connectivity index (χ2v) is 9.20. The molecule has 0 N–H and O–H groups in total. The van der Waals surface area contributed by atoms with E-state index in [9.17, 15) is 4.79 Å². The Bertz CT molecular complexity index is 602. The number of carbonyl (C=O) groups excluding carboxylic acids is 1. The molecule has 27 heavy (non-hydrogen) atoms. The molecule has 1 heterocycles. The van der Waals surface area contributed by atoms with Gasteiger partial charge in [-0.05, 0) is 46.1 Å². The number of hydrogen-bond acceptors (Lipinski definition) is 3. The van der Waals surface area contributed by atoms with Crippen molar-refractivity contribution in [2.24, 2.45) is 5.92 Å². The number of ether oxygens (including phenoxy) is 2. The second-order valence-electron chi connectivity index (χ2n) is 9.20. The number of amides is 1. The first-order chi connectivity index (χ1) is 12.8. The van der Waals surface area contributed by atoms with Gasteiger partial charge in [-0.1, -0.05) is 62.4 Å². The van der Waals surface area contributed by atoms with Gasteiger partial charge in [-0.15, -0.1) is 0 Å². The third-order valence-corrected chi connectivity index (χ3v) is 6.04. The van der Waals surface area contributed by atoms with E-state index in [-0.39, 0.29) is 17.7 Å². The fourth-order valence-electron chi connectivity index (χ4n) is 4.71. The summed E-state index contributed by atoms with van der Waals surface area (Å²) >= 11 is 0. The second kappa shape index (κ2) is 8.22. The van der Waals surface area contributed by atoms with Gasteiger partial charge in [0.25, 0.3) is 0 Å². The van der Waals surface area contributed by atoms with Gasteiger partial charge in [0.05, 0.1) is 12.1 Å². The van der Waals surface area contributed by atoms with Gasteiger partial charge < -0.3 is 9.47 Å². The van der Waals surface area contributed by atoms with E-state index < -0.39 is 5.72 Å². The highest BCUT2D eigenvalue weighted by molar-refractivity contribution is 5.70. The SMILES string of the molecule is CC1(C)COC(C)(C)N1C(=O)OC(c1ccccc1)C1CCCCCCC1. The summed E-state index contributed by atoms with van der Waals surface area (Å²) in [7, 11) is 0. The van der Waals surface area contributed by atoms with Crippen LogP contribution in [0.4, 0.5) is 4.79 Å². The molecule has 1 aromatic rings. The van der Waals surface area contributed by atoms with Crippen LogP contribution in [0.2, 0.25) is 0 Å². The highest BCUT2D eigenvalue weighted by atomic mass is 16.6. The Morgan fingerprint density at radius 3 is 2.19 bits per heavy atom. The average molecular weight is 374 g/mol. The summed E-state index contributed by atoms with van der Waals surface area (Å²) in [4.78, 5) is 15.1. The van der Waals surface area contributed by atoms with Crippen molar-refractivity contribution in [2.45, 2.75) is 90.0 Å². The van der Waals surface area contributed by atoms with Crippen LogP contribution in [0.3, 0.4) is 0 Å². The van der Waals surface area contributed by atoms with E-state index in [4.69, 9.17) is 9.47 Å². The van der Waals surface area contributed by atoms with Crippen molar-refractivity contribution in [3.8, 4) is 0 Å². The van der Waals surface area contributed by atoms with Crippen LogP contribution in [0.15, 0.2) is 30.3 Å². The molecule has 0 aromatic heterocycles. The van der Waals surface area contributed by atoms with Crippen LogP contribution >= 0.6 is 0 Å². The molecule has 1 unspecified atom stereocenters. The first kappa shape index (κ1) is 20.2. The summed E-state index contributed by atoms with van der Waals surface area (Å²) in [6.45, 7) is 8.48. The predicted octanol–water partition coefficient (Wildman–Crippen LogP) is 6.07. The largest absolute Gasteiger partial charge is 0.441 e. The minimum Gasteiger partial charge on any atom is -0.441 e. The fourth-order valence-corrected chi connectivity index (χ4v) is 4.71. The van der Waals surface area contributed by atoms with Crippen LogP contribution in [-0.4, -0.2) is 28.9 Å². The molecule has 1 aromatic carbocycles. The van der Waals surface area contributed by atoms with Crippen LogP contribution in [-0.2, 0) is 9.47 Å². The van der Waals surface area contributed by atoms with E-state index >= 15 is 0 Å². The number of nitrogens with zero attached hydrogens (tertiary/aromatic N) is 1. The molecular weight excluding hydrogens is 338 g/mol. The molecule has 1 aliphatic carbocycles. The van der Waals surface area contributed by atoms with E-state index in [1.165, 1.54) is 32.1 Å². The molecule has 3 rings (SSSR count). The first-order valence-corrected chi connectivity index (χ1v) is 10.5. The molecule has 1 saturated heterocycles. The normalized spacial score (nSPS) is 24.1. The Balaban J connectivity index is 1.83. The maximum absolute atomic E-state index is 13.3. The molecule has 150 valence electrons. The molecule has 4 heteroatoms. The lowest BCUT2D eigenvalue weighted by molar-refractivity contribution is -0.0649. The number of benzene rings is 1. The summed E-state index contributed by atoms with van der Waals surface area (Å²) < 4.78 is 12.1. The molecule has 1 atom stereocenters. The monoisotopic (exact) mass is 373 g/mol. The van der Waals surface area contributed by atoms with Crippen molar-refractivity contribution >= 4 is 6.09 Å². The Morgan fingerprint density at radius 2 is 1.63 bits per heavy atom. The van der Waals surface area contributed by atoms with Crippen LogP contribution in [0, 0.1) is 5.92 Å². The third kappa shape index (κ3) is 4.66. The smallest absolute Gasteiger partial charge is 0.413 e. The number of carbonyl (C=O) groups is 1. The van der Waals surface area contributed by atoms with Crippen molar-refractivity contribution in [1.82, 2.24) is 4.90 Å². The van der Waals surface area contributed by atoms with Gasteiger partial charge in [-0.3, -0.25) is 4.90 Å². The van der Waals surface area contributed by atoms with E-state index in [0.29, 0.717) is 12.5 Å². The lowest BCUT2D eigenvalue weighted by atomic mass is 9.84. The first-order valence-electron chi connectivity index (χ1n) is 10.5. The van der Waals surface area contributed by atoms with Gasteiger partial charge in [0.1, 0.15) is 11.8 Å². The zero-order chi connectivity index (χ0) is 19.5. The Morgan fingerprint density at radius 1 is 1.04 bits per heavy atom. The quantitative estimate of drug-likeness (QED) is 0.645.